The maximum Gasteiger partial charge on any atom is 0.164 e. The van der Waals surface area contributed by atoms with Crippen LogP contribution in [0.5, 0.6) is 0 Å². The smallest absolute Gasteiger partial charge is 0.164 e. The molecule has 0 N–H and O–H groups in total. The number of fused-ring (bicyclic) bond motifs is 5. The molecule has 0 aliphatic rings. The second-order valence-electron chi connectivity index (χ2n) is 12.8. The topological polar surface area (TPSA) is 55.1 Å². The minimum atomic E-state index is 0.591. The van der Waals surface area contributed by atoms with Gasteiger partial charge in [0.25, 0.3) is 0 Å². The molecule has 0 amide bonds. The van der Waals surface area contributed by atoms with Gasteiger partial charge in [-0.05, 0) is 64.0 Å². The van der Waals surface area contributed by atoms with E-state index in [1.165, 1.54) is 0 Å². The van der Waals surface area contributed by atoms with Crippen LogP contribution in [0.3, 0.4) is 0 Å². The average Bonchev–Trinajstić information content (AvgIpc) is 3.59. The number of anilines is 3. The molecule has 0 bridgehead atoms. The number of furan rings is 1. The van der Waals surface area contributed by atoms with Crippen molar-refractivity contribution in [3.8, 4) is 34.2 Å². The quantitative estimate of drug-likeness (QED) is 0.177. The minimum Gasteiger partial charge on any atom is -0.456 e. The molecule has 10 rings (SSSR count). The van der Waals surface area contributed by atoms with E-state index in [1.807, 2.05) is 24.3 Å². The monoisotopic (exact) mass is 666 g/mol. The molecule has 0 atom stereocenters. The average molecular weight is 667 g/mol. The Morgan fingerprint density at radius 2 is 0.827 bits per heavy atom. The fraction of sp³-hybridized carbons (Fsp3) is 0. The maximum atomic E-state index is 6.62. The summed E-state index contributed by atoms with van der Waals surface area (Å²) in [5.74, 6) is 1.84. The first-order valence-electron chi connectivity index (χ1n) is 17.4. The van der Waals surface area contributed by atoms with Crippen LogP contribution >= 0.6 is 0 Å². The molecule has 0 saturated carbocycles. The summed E-state index contributed by atoms with van der Waals surface area (Å²) < 4.78 is 6.62. The molecule has 0 spiro atoms. The fourth-order valence-electron chi connectivity index (χ4n) is 7.32. The lowest BCUT2D eigenvalue weighted by Gasteiger charge is -2.25. The van der Waals surface area contributed by atoms with E-state index in [9.17, 15) is 0 Å². The first-order chi connectivity index (χ1) is 25.8. The van der Waals surface area contributed by atoms with E-state index in [-0.39, 0.29) is 0 Å². The number of para-hydroxylation sites is 2. The summed E-state index contributed by atoms with van der Waals surface area (Å²) in [4.78, 5) is 17.8. The maximum absolute atomic E-state index is 6.62. The number of nitrogens with zero attached hydrogens (tertiary/aromatic N) is 4. The van der Waals surface area contributed by atoms with Crippen molar-refractivity contribution in [2.45, 2.75) is 0 Å². The van der Waals surface area contributed by atoms with Crippen molar-refractivity contribution in [2.24, 2.45) is 0 Å². The van der Waals surface area contributed by atoms with Gasteiger partial charge in [0.2, 0.25) is 0 Å². The fourth-order valence-corrected chi connectivity index (χ4v) is 7.32. The Bertz CT molecular complexity index is 2770. The van der Waals surface area contributed by atoms with Crippen LogP contribution in [0.25, 0.3) is 77.6 Å². The molecule has 0 aliphatic heterocycles. The summed E-state index contributed by atoms with van der Waals surface area (Å²) in [5.41, 5.74) is 7.50. The van der Waals surface area contributed by atoms with E-state index in [0.29, 0.717) is 17.5 Å². The summed E-state index contributed by atoms with van der Waals surface area (Å²) in [6.45, 7) is 0. The molecular formula is C47H30N4O. The van der Waals surface area contributed by atoms with Crippen LogP contribution < -0.4 is 4.90 Å². The second kappa shape index (κ2) is 12.3. The molecule has 0 saturated heterocycles. The molecule has 5 nitrogen and oxygen atoms in total. The van der Waals surface area contributed by atoms with Gasteiger partial charge in [-0.2, -0.15) is 0 Å². The zero-order valence-corrected chi connectivity index (χ0v) is 28.0. The van der Waals surface area contributed by atoms with E-state index >= 15 is 0 Å². The van der Waals surface area contributed by atoms with E-state index in [2.05, 4.69) is 163 Å². The molecule has 8 aromatic carbocycles. The Labute approximate surface area is 300 Å². The van der Waals surface area contributed by atoms with Gasteiger partial charge < -0.3 is 9.32 Å². The van der Waals surface area contributed by atoms with Gasteiger partial charge in [-0.15, -0.1) is 0 Å². The van der Waals surface area contributed by atoms with Crippen LogP contribution in [0.15, 0.2) is 186 Å². The Kier molecular flexibility index (Phi) is 7.07. The van der Waals surface area contributed by atoms with Crippen LogP contribution in [-0.2, 0) is 0 Å². The van der Waals surface area contributed by atoms with E-state index in [4.69, 9.17) is 19.4 Å². The number of benzene rings is 8. The van der Waals surface area contributed by atoms with Crippen molar-refractivity contribution in [3.05, 3.63) is 182 Å². The van der Waals surface area contributed by atoms with Gasteiger partial charge in [0.15, 0.2) is 17.5 Å². The summed E-state index contributed by atoms with van der Waals surface area (Å²) in [6.07, 6.45) is 0. The molecular weight excluding hydrogens is 637 g/mol. The highest BCUT2D eigenvalue weighted by Gasteiger charge is 2.21. The highest BCUT2D eigenvalue weighted by molar-refractivity contribution is 6.12. The van der Waals surface area contributed by atoms with Crippen molar-refractivity contribution in [3.63, 3.8) is 0 Å². The third-order valence-corrected chi connectivity index (χ3v) is 9.71. The predicted octanol–water partition coefficient (Wildman–Crippen LogP) is 12.5. The molecule has 2 aromatic heterocycles. The van der Waals surface area contributed by atoms with E-state index in [0.717, 1.165) is 77.2 Å². The Balaban J connectivity index is 1.19. The highest BCUT2D eigenvalue weighted by Crippen LogP contribution is 2.41. The zero-order chi connectivity index (χ0) is 34.4. The summed E-state index contributed by atoms with van der Waals surface area (Å²) >= 11 is 0. The number of hydrogen-bond acceptors (Lipinski definition) is 5. The van der Waals surface area contributed by atoms with Gasteiger partial charge in [0.05, 0.1) is 0 Å². The first-order valence-corrected chi connectivity index (χ1v) is 17.4. The highest BCUT2D eigenvalue weighted by atomic mass is 16.3. The molecule has 0 aliphatic carbocycles. The summed E-state index contributed by atoms with van der Waals surface area (Å²) in [7, 11) is 0. The van der Waals surface area contributed by atoms with Gasteiger partial charge in [-0.25, -0.2) is 15.0 Å². The van der Waals surface area contributed by atoms with Crippen molar-refractivity contribution in [1.29, 1.82) is 0 Å². The van der Waals surface area contributed by atoms with Crippen LogP contribution in [-0.4, -0.2) is 15.0 Å². The molecule has 52 heavy (non-hydrogen) atoms. The zero-order valence-electron chi connectivity index (χ0n) is 28.0. The lowest BCUT2D eigenvalue weighted by Crippen LogP contribution is -2.09. The minimum absolute atomic E-state index is 0.591. The van der Waals surface area contributed by atoms with Gasteiger partial charge >= 0.3 is 0 Å². The van der Waals surface area contributed by atoms with Gasteiger partial charge in [0.1, 0.15) is 11.2 Å². The summed E-state index contributed by atoms with van der Waals surface area (Å²) in [6, 6.07) is 62.6. The molecule has 2 heterocycles. The van der Waals surface area contributed by atoms with Crippen molar-refractivity contribution in [2.75, 3.05) is 4.90 Å². The van der Waals surface area contributed by atoms with Crippen LogP contribution in [0, 0.1) is 0 Å². The third-order valence-electron chi connectivity index (χ3n) is 9.71. The molecule has 10 aromatic rings. The van der Waals surface area contributed by atoms with Crippen molar-refractivity contribution < 1.29 is 4.42 Å². The van der Waals surface area contributed by atoms with E-state index < -0.39 is 0 Å². The molecule has 244 valence electrons. The second-order valence-corrected chi connectivity index (χ2v) is 12.8. The Morgan fingerprint density at radius 1 is 0.346 bits per heavy atom. The third kappa shape index (κ3) is 5.07. The molecule has 0 fully saturated rings. The number of rotatable bonds is 6. The molecule has 0 radical (unpaired) electrons. The number of aromatic nitrogens is 3. The first kappa shape index (κ1) is 29.8. The largest absolute Gasteiger partial charge is 0.456 e. The lowest BCUT2D eigenvalue weighted by molar-refractivity contribution is 0.669. The number of hydrogen-bond donors (Lipinski definition) is 0. The normalized spacial score (nSPS) is 11.5. The van der Waals surface area contributed by atoms with Gasteiger partial charge in [0, 0.05) is 50.6 Å². The lowest BCUT2D eigenvalue weighted by atomic mass is 10.0. The Hall–Kier alpha value is -7.11. The van der Waals surface area contributed by atoms with Gasteiger partial charge in [-0.3, -0.25) is 0 Å². The SMILES string of the molecule is c1ccc(N(c2ccccc2)c2ccc3c(c2)oc2cccc(-c4nc(-c5cccc6ccccc56)nc(-c5cccc6ccccc56)n4)c23)cc1. The van der Waals surface area contributed by atoms with Crippen molar-refractivity contribution >= 4 is 60.5 Å². The summed E-state index contributed by atoms with van der Waals surface area (Å²) in [5, 5.41) is 6.40. The van der Waals surface area contributed by atoms with Crippen molar-refractivity contribution in [1.82, 2.24) is 15.0 Å². The van der Waals surface area contributed by atoms with E-state index in [1.54, 1.807) is 0 Å². The van der Waals surface area contributed by atoms with Crippen LogP contribution in [0.1, 0.15) is 0 Å². The van der Waals surface area contributed by atoms with Crippen LogP contribution in [0.2, 0.25) is 0 Å². The molecule has 5 heteroatoms. The van der Waals surface area contributed by atoms with Crippen LogP contribution in [0.4, 0.5) is 17.1 Å². The predicted molar refractivity (Wildman–Crippen MR) is 213 cm³/mol. The molecule has 0 unspecified atom stereocenters. The van der Waals surface area contributed by atoms with Gasteiger partial charge in [-0.1, -0.05) is 133 Å². The standard InChI is InChI=1S/C47H30N4O/c1-3-18-33(19-4-1)51(34-20-5-2-6-21-34)35-28-29-40-43(30-35)52-42-27-13-26-41(44(40)42)47-49-45(38-24-11-16-31-14-7-9-22-36(31)38)48-46(50-47)39-25-12-17-32-15-8-10-23-37(32)39/h1-30H. The Morgan fingerprint density at radius 3 is 1.42 bits per heavy atom.